The second-order valence-corrected chi connectivity index (χ2v) is 5.42. The minimum Gasteiger partial charge on any atom is -0.496 e. The second kappa shape index (κ2) is 7.61. The van der Waals surface area contributed by atoms with E-state index in [0.717, 1.165) is 5.56 Å². The topological polar surface area (TPSA) is 68.5 Å². The Hall–Kier alpha value is -3.15. The maximum Gasteiger partial charge on any atom is 0.311 e. The van der Waals surface area contributed by atoms with Crippen LogP contribution in [0.4, 0.5) is 0 Å². The summed E-state index contributed by atoms with van der Waals surface area (Å²) in [7, 11) is 1.57. The van der Waals surface area contributed by atoms with E-state index >= 15 is 0 Å². The smallest absolute Gasteiger partial charge is 0.311 e. The third kappa shape index (κ3) is 3.68. The first kappa shape index (κ1) is 16.7. The van der Waals surface area contributed by atoms with E-state index in [1.807, 2.05) is 55.5 Å². The lowest BCUT2D eigenvalue weighted by molar-refractivity contribution is 0.0713. The molecule has 0 saturated heterocycles. The number of amides is 1. The minimum atomic E-state index is -0.292. The van der Waals surface area contributed by atoms with Crippen molar-refractivity contribution in [2.45, 2.75) is 13.5 Å². The first-order valence-electron chi connectivity index (χ1n) is 8.03. The minimum absolute atomic E-state index is 0.0290. The molecule has 0 atom stereocenters. The molecule has 1 heterocycles. The fourth-order valence-corrected chi connectivity index (χ4v) is 2.51. The van der Waals surface area contributed by atoms with Crippen LogP contribution in [0.5, 0.6) is 5.75 Å². The van der Waals surface area contributed by atoms with E-state index in [4.69, 9.17) is 9.15 Å². The van der Waals surface area contributed by atoms with Gasteiger partial charge in [-0.25, -0.2) is 0 Å². The number of carbonyl (C=O) groups excluding carboxylic acids is 1. The molecule has 0 radical (unpaired) electrons. The molecule has 0 bridgehead atoms. The van der Waals surface area contributed by atoms with E-state index in [0.29, 0.717) is 24.4 Å². The molecule has 0 N–H and O–H groups in total. The average Bonchev–Trinajstić information content (AvgIpc) is 3.16. The molecule has 0 aliphatic rings. The Morgan fingerprint density at radius 2 is 1.80 bits per heavy atom. The van der Waals surface area contributed by atoms with Crippen LogP contribution in [-0.4, -0.2) is 34.7 Å². The van der Waals surface area contributed by atoms with Gasteiger partial charge in [-0.3, -0.25) is 4.79 Å². The molecule has 0 spiro atoms. The van der Waals surface area contributed by atoms with Crippen LogP contribution in [0.25, 0.3) is 11.5 Å². The number of para-hydroxylation sites is 1. The van der Waals surface area contributed by atoms with Gasteiger partial charge < -0.3 is 14.1 Å². The van der Waals surface area contributed by atoms with Crippen molar-refractivity contribution in [3.63, 3.8) is 0 Å². The number of methoxy groups -OCH3 is 1. The fourth-order valence-electron chi connectivity index (χ4n) is 2.51. The number of hydrogen-bond donors (Lipinski definition) is 0. The number of nitrogens with zero attached hydrogens (tertiary/aromatic N) is 3. The molecule has 6 nitrogen and oxygen atoms in total. The number of hydrogen-bond acceptors (Lipinski definition) is 5. The van der Waals surface area contributed by atoms with Gasteiger partial charge in [0.15, 0.2) is 0 Å². The summed E-state index contributed by atoms with van der Waals surface area (Å²) < 4.78 is 10.9. The molecule has 6 heteroatoms. The van der Waals surface area contributed by atoms with Crippen LogP contribution in [0.1, 0.15) is 23.2 Å². The summed E-state index contributed by atoms with van der Waals surface area (Å²) in [4.78, 5) is 14.3. The predicted molar refractivity (Wildman–Crippen MR) is 93.1 cm³/mol. The molecule has 2 aromatic carbocycles. The van der Waals surface area contributed by atoms with Gasteiger partial charge in [0.25, 0.3) is 5.89 Å². The number of aromatic nitrogens is 2. The highest BCUT2D eigenvalue weighted by molar-refractivity contribution is 5.89. The molecule has 25 heavy (non-hydrogen) atoms. The molecule has 0 aliphatic heterocycles. The lowest BCUT2D eigenvalue weighted by Crippen LogP contribution is -2.30. The number of benzene rings is 2. The lowest BCUT2D eigenvalue weighted by Gasteiger charge is -2.18. The Balaban J connectivity index is 1.82. The Morgan fingerprint density at radius 1 is 1.08 bits per heavy atom. The molecule has 3 aromatic rings. The van der Waals surface area contributed by atoms with Crippen LogP contribution in [0.2, 0.25) is 0 Å². The zero-order valence-electron chi connectivity index (χ0n) is 14.2. The van der Waals surface area contributed by atoms with Gasteiger partial charge in [-0.1, -0.05) is 42.5 Å². The molecule has 0 fully saturated rings. The quantitative estimate of drug-likeness (QED) is 0.689. The predicted octanol–water partition coefficient (Wildman–Crippen LogP) is 3.41. The van der Waals surface area contributed by atoms with Crippen molar-refractivity contribution >= 4 is 5.91 Å². The van der Waals surface area contributed by atoms with Crippen LogP contribution in [0.15, 0.2) is 59.0 Å². The summed E-state index contributed by atoms with van der Waals surface area (Å²) in [5.74, 6) is 0.553. The van der Waals surface area contributed by atoms with Crippen molar-refractivity contribution < 1.29 is 13.9 Å². The van der Waals surface area contributed by atoms with Crippen LogP contribution in [0, 0.1) is 0 Å². The zero-order chi connectivity index (χ0) is 17.6. The maximum atomic E-state index is 12.7. The van der Waals surface area contributed by atoms with Gasteiger partial charge in [0, 0.05) is 13.1 Å². The largest absolute Gasteiger partial charge is 0.496 e. The number of ether oxygens (including phenoxy) is 1. The molecule has 1 amide bonds. The van der Waals surface area contributed by atoms with Crippen molar-refractivity contribution in [2.24, 2.45) is 0 Å². The third-order valence-corrected chi connectivity index (χ3v) is 3.83. The fraction of sp³-hybridized carbons (Fsp3) is 0.211. The van der Waals surface area contributed by atoms with Crippen LogP contribution in [-0.2, 0) is 6.54 Å². The number of carbonyl (C=O) groups is 1. The highest BCUT2D eigenvalue weighted by atomic mass is 16.5. The highest BCUT2D eigenvalue weighted by Crippen LogP contribution is 2.28. The summed E-state index contributed by atoms with van der Waals surface area (Å²) in [6.45, 7) is 2.95. The first-order valence-corrected chi connectivity index (χ1v) is 8.03. The third-order valence-electron chi connectivity index (χ3n) is 3.83. The van der Waals surface area contributed by atoms with Crippen LogP contribution in [0.3, 0.4) is 0 Å². The van der Waals surface area contributed by atoms with Crippen molar-refractivity contribution in [1.82, 2.24) is 15.1 Å². The maximum absolute atomic E-state index is 12.7. The van der Waals surface area contributed by atoms with Gasteiger partial charge in [0.1, 0.15) is 5.75 Å². The standard InChI is InChI=1S/C19H19N3O3/c1-3-22(13-14-9-5-4-6-10-14)19(23)18-21-20-17(25-18)15-11-7-8-12-16(15)24-2/h4-12H,3,13H2,1-2H3. The summed E-state index contributed by atoms with van der Waals surface area (Å²) in [6.07, 6.45) is 0. The lowest BCUT2D eigenvalue weighted by atomic mass is 10.2. The van der Waals surface area contributed by atoms with Crippen molar-refractivity contribution in [3.05, 3.63) is 66.1 Å². The van der Waals surface area contributed by atoms with E-state index in [-0.39, 0.29) is 17.7 Å². The SMILES string of the molecule is CCN(Cc1ccccc1)C(=O)c1nnc(-c2ccccc2OC)o1. The first-order chi connectivity index (χ1) is 12.2. The molecule has 0 saturated carbocycles. The summed E-state index contributed by atoms with van der Waals surface area (Å²) >= 11 is 0. The number of rotatable bonds is 6. The van der Waals surface area contributed by atoms with Gasteiger partial charge in [0.2, 0.25) is 0 Å². The normalized spacial score (nSPS) is 10.5. The zero-order valence-corrected chi connectivity index (χ0v) is 14.2. The van der Waals surface area contributed by atoms with Gasteiger partial charge in [-0.2, -0.15) is 0 Å². The van der Waals surface area contributed by atoms with E-state index in [1.165, 1.54) is 0 Å². The van der Waals surface area contributed by atoms with Crippen molar-refractivity contribution in [1.29, 1.82) is 0 Å². The van der Waals surface area contributed by atoms with E-state index in [1.54, 1.807) is 18.1 Å². The van der Waals surface area contributed by atoms with E-state index in [9.17, 15) is 4.79 Å². The van der Waals surface area contributed by atoms with Crippen molar-refractivity contribution in [3.8, 4) is 17.2 Å². The second-order valence-electron chi connectivity index (χ2n) is 5.42. The van der Waals surface area contributed by atoms with Crippen molar-refractivity contribution in [2.75, 3.05) is 13.7 Å². The Morgan fingerprint density at radius 3 is 2.52 bits per heavy atom. The van der Waals surface area contributed by atoms with Gasteiger partial charge in [-0.05, 0) is 24.6 Å². The summed E-state index contributed by atoms with van der Waals surface area (Å²) in [5.41, 5.74) is 1.70. The molecule has 1 aromatic heterocycles. The molecular formula is C19H19N3O3. The Labute approximate surface area is 146 Å². The van der Waals surface area contributed by atoms with E-state index in [2.05, 4.69) is 10.2 Å². The Kier molecular flexibility index (Phi) is 5.09. The molecule has 0 unspecified atom stereocenters. The molecule has 3 rings (SSSR count). The summed E-state index contributed by atoms with van der Waals surface area (Å²) in [6, 6.07) is 17.1. The monoisotopic (exact) mass is 337 g/mol. The Bertz CT molecular complexity index is 846. The highest BCUT2D eigenvalue weighted by Gasteiger charge is 2.22. The molecule has 0 aliphatic carbocycles. The van der Waals surface area contributed by atoms with Crippen LogP contribution >= 0.6 is 0 Å². The molecule has 128 valence electrons. The molecular weight excluding hydrogens is 318 g/mol. The van der Waals surface area contributed by atoms with Gasteiger partial charge >= 0.3 is 11.8 Å². The average molecular weight is 337 g/mol. The summed E-state index contributed by atoms with van der Waals surface area (Å²) in [5, 5.41) is 7.91. The van der Waals surface area contributed by atoms with Gasteiger partial charge in [0.05, 0.1) is 12.7 Å². The van der Waals surface area contributed by atoms with Gasteiger partial charge in [-0.15, -0.1) is 10.2 Å². The van der Waals surface area contributed by atoms with E-state index < -0.39 is 0 Å². The van der Waals surface area contributed by atoms with Crippen LogP contribution < -0.4 is 4.74 Å².